The number of alkyl halides is 3. The molecule has 0 saturated carbocycles. The molecule has 8 nitrogen and oxygen atoms in total. The fraction of sp³-hybridized carbons (Fsp3) is 0.381. The van der Waals surface area contributed by atoms with Gasteiger partial charge in [0.1, 0.15) is 5.82 Å². The SMILES string of the molecule is O=C(NC1CCN(CCO)CC1)c1ccc2[nH]c(=O)n(-c3ccc(C(F)(F)F)cn3)c2c1. The minimum absolute atomic E-state index is 0.00172. The fourth-order valence-corrected chi connectivity index (χ4v) is 3.87. The molecule has 170 valence electrons. The van der Waals surface area contributed by atoms with Crippen molar-refractivity contribution < 1.29 is 23.1 Å². The van der Waals surface area contributed by atoms with Crippen molar-refractivity contribution in [3.8, 4) is 5.82 Å². The second-order valence-corrected chi connectivity index (χ2v) is 7.71. The zero-order valence-corrected chi connectivity index (χ0v) is 17.0. The molecule has 32 heavy (non-hydrogen) atoms. The van der Waals surface area contributed by atoms with Crippen LogP contribution in [0.3, 0.4) is 0 Å². The highest BCUT2D eigenvalue weighted by Crippen LogP contribution is 2.29. The van der Waals surface area contributed by atoms with Crippen molar-refractivity contribution in [3.63, 3.8) is 0 Å². The molecule has 11 heteroatoms. The van der Waals surface area contributed by atoms with E-state index in [0.717, 1.165) is 42.6 Å². The molecule has 0 radical (unpaired) electrons. The minimum atomic E-state index is -4.53. The lowest BCUT2D eigenvalue weighted by atomic mass is 10.0. The van der Waals surface area contributed by atoms with Crippen LogP contribution in [0.2, 0.25) is 0 Å². The molecule has 0 bridgehead atoms. The molecule has 0 spiro atoms. The number of rotatable bonds is 5. The van der Waals surface area contributed by atoms with E-state index in [1.807, 2.05) is 0 Å². The van der Waals surface area contributed by atoms with Crippen LogP contribution in [0.1, 0.15) is 28.8 Å². The maximum atomic E-state index is 12.8. The zero-order chi connectivity index (χ0) is 22.9. The Bertz CT molecular complexity index is 1160. The van der Waals surface area contributed by atoms with Crippen LogP contribution in [0.25, 0.3) is 16.9 Å². The van der Waals surface area contributed by atoms with Gasteiger partial charge >= 0.3 is 11.9 Å². The Labute approximate surface area is 180 Å². The average Bonchev–Trinajstić information content (AvgIpc) is 3.09. The Balaban J connectivity index is 1.56. The topological polar surface area (TPSA) is 103 Å². The molecule has 1 aromatic carbocycles. The molecule has 1 aliphatic heterocycles. The number of aliphatic hydroxyl groups excluding tert-OH is 1. The number of nitrogens with one attached hydrogen (secondary N) is 2. The van der Waals surface area contributed by atoms with Gasteiger partial charge in [0.15, 0.2) is 0 Å². The number of carbonyl (C=O) groups excluding carboxylic acids is 1. The third-order valence-corrected chi connectivity index (χ3v) is 5.59. The van der Waals surface area contributed by atoms with Crippen LogP contribution in [0.15, 0.2) is 41.3 Å². The summed E-state index contributed by atoms with van der Waals surface area (Å²) in [5.41, 5.74) is -0.381. The number of fused-ring (bicyclic) bond motifs is 1. The van der Waals surface area contributed by atoms with E-state index in [4.69, 9.17) is 5.11 Å². The maximum absolute atomic E-state index is 12.8. The van der Waals surface area contributed by atoms with Crippen molar-refractivity contribution >= 4 is 16.9 Å². The monoisotopic (exact) mass is 449 g/mol. The van der Waals surface area contributed by atoms with Crippen LogP contribution >= 0.6 is 0 Å². The van der Waals surface area contributed by atoms with E-state index in [0.29, 0.717) is 29.3 Å². The van der Waals surface area contributed by atoms with Crippen molar-refractivity contribution in [1.29, 1.82) is 0 Å². The molecule has 3 heterocycles. The number of nitrogens with zero attached hydrogens (tertiary/aromatic N) is 3. The van der Waals surface area contributed by atoms with E-state index in [1.54, 1.807) is 12.1 Å². The van der Waals surface area contributed by atoms with E-state index >= 15 is 0 Å². The number of benzene rings is 1. The standard InChI is InChI=1S/C21H22F3N5O3/c22-21(23,24)14-2-4-18(25-12-14)29-17-11-13(1-3-16(17)27-20(29)32)19(31)26-15-5-7-28(8-6-15)9-10-30/h1-4,11-12,15,30H,5-10H2,(H,26,31)(H,27,32). The molecule has 1 amide bonds. The first kappa shape index (κ1) is 22.0. The molecule has 0 aliphatic carbocycles. The number of aromatic amines is 1. The second kappa shape index (κ2) is 8.75. The van der Waals surface area contributed by atoms with Gasteiger partial charge in [-0.05, 0) is 43.2 Å². The quantitative estimate of drug-likeness (QED) is 0.552. The normalized spacial score (nSPS) is 15.9. The van der Waals surface area contributed by atoms with Gasteiger partial charge in [-0.15, -0.1) is 0 Å². The highest BCUT2D eigenvalue weighted by Gasteiger charge is 2.31. The highest BCUT2D eigenvalue weighted by atomic mass is 19.4. The van der Waals surface area contributed by atoms with Gasteiger partial charge in [-0.25, -0.2) is 14.3 Å². The summed E-state index contributed by atoms with van der Waals surface area (Å²) in [5.74, 6) is -0.281. The summed E-state index contributed by atoms with van der Waals surface area (Å²) in [6, 6.07) is 6.65. The van der Waals surface area contributed by atoms with Gasteiger partial charge in [0.25, 0.3) is 5.91 Å². The number of aromatic nitrogens is 3. The molecule has 1 aliphatic rings. The predicted octanol–water partition coefficient (Wildman–Crippen LogP) is 1.92. The summed E-state index contributed by atoms with van der Waals surface area (Å²) < 4.78 is 39.6. The second-order valence-electron chi connectivity index (χ2n) is 7.71. The average molecular weight is 449 g/mol. The number of pyridine rings is 1. The first-order chi connectivity index (χ1) is 15.3. The van der Waals surface area contributed by atoms with Crippen LogP contribution in [-0.4, -0.2) is 62.7 Å². The van der Waals surface area contributed by atoms with Crippen LogP contribution in [0.4, 0.5) is 13.2 Å². The predicted molar refractivity (Wildman–Crippen MR) is 111 cm³/mol. The van der Waals surface area contributed by atoms with E-state index in [9.17, 15) is 22.8 Å². The number of likely N-dealkylation sites (tertiary alicyclic amines) is 1. The van der Waals surface area contributed by atoms with Crippen molar-refractivity contribution in [2.45, 2.75) is 25.1 Å². The number of imidazole rings is 1. The molecule has 3 N–H and O–H groups in total. The molecule has 1 fully saturated rings. The number of β-amino-alcohol motifs (C(OH)–C–C–N with tert-alkyl or cyclic N) is 1. The summed E-state index contributed by atoms with van der Waals surface area (Å²) >= 11 is 0. The number of halogens is 3. The molecule has 4 rings (SSSR count). The Morgan fingerprint density at radius 1 is 1.22 bits per heavy atom. The van der Waals surface area contributed by atoms with E-state index in [1.165, 1.54) is 6.07 Å². The fourth-order valence-electron chi connectivity index (χ4n) is 3.87. The number of hydrogen-bond donors (Lipinski definition) is 3. The largest absolute Gasteiger partial charge is 0.417 e. The van der Waals surface area contributed by atoms with Gasteiger partial charge in [-0.3, -0.25) is 4.79 Å². The highest BCUT2D eigenvalue weighted by molar-refractivity contribution is 5.97. The summed E-state index contributed by atoms with van der Waals surface area (Å²) in [5, 5.41) is 12.0. The third-order valence-electron chi connectivity index (χ3n) is 5.59. The number of H-pyrrole nitrogens is 1. The molecule has 2 aromatic heterocycles. The summed E-state index contributed by atoms with van der Waals surface area (Å²) in [6.45, 7) is 2.27. The van der Waals surface area contributed by atoms with Gasteiger partial charge in [-0.1, -0.05) is 0 Å². The van der Waals surface area contributed by atoms with E-state index < -0.39 is 17.4 Å². The van der Waals surface area contributed by atoms with E-state index in [-0.39, 0.29) is 24.4 Å². The first-order valence-corrected chi connectivity index (χ1v) is 10.2. The molecule has 3 aromatic rings. The van der Waals surface area contributed by atoms with Crippen LogP contribution in [0.5, 0.6) is 0 Å². The lowest BCUT2D eigenvalue weighted by molar-refractivity contribution is -0.137. The third kappa shape index (κ3) is 4.53. The lowest BCUT2D eigenvalue weighted by Crippen LogP contribution is -2.45. The zero-order valence-electron chi connectivity index (χ0n) is 17.0. The van der Waals surface area contributed by atoms with E-state index in [2.05, 4.69) is 20.2 Å². The van der Waals surface area contributed by atoms with Gasteiger partial charge < -0.3 is 20.3 Å². The van der Waals surface area contributed by atoms with Gasteiger partial charge in [-0.2, -0.15) is 13.2 Å². The Morgan fingerprint density at radius 2 is 1.97 bits per heavy atom. The Hall–Kier alpha value is -3.18. The molecule has 0 unspecified atom stereocenters. The molecule has 1 saturated heterocycles. The molecular weight excluding hydrogens is 427 g/mol. The number of carbonyl (C=O) groups is 1. The van der Waals surface area contributed by atoms with Crippen molar-refractivity contribution in [3.05, 3.63) is 58.1 Å². The van der Waals surface area contributed by atoms with Crippen molar-refractivity contribution in [1.82, 2.24) is 24.8 Å². The lowest BCUT2D eigenvalue weighted by Gasteiger charge is -2.31. The van der Waals surface area contributed by atoms with Crippen molar-refractivity contribution in [2.75, 3.05) is 26.2 Å². The smallest absolute Gasteiger partial charge is 0.395 e. The Morgan fingerprint density at radius 3 is 2.59 bits per heavy atom. The van der Waals surface area contributed by atoms with Crippen LogP contribution in [-0.2, 0) is 6.18 Å². The number of hydrogen-bond acceptors (Lipinski definition) is 5. The summed E-state index contributed by atoms with van der Waals surface area (Å²) in [4.78, 5) is 33.7. The van der Waals surface area contributed by atoms with Crippen LogP contribution < -0.4 is 11.0 Å². The number of aliphatic hydroxyl groups is 1. The van der Waals surface area contributed by atoms with Gasteiger partial charge in [0, 0.05) is 37.4 Å². The first-order valence-electron chi connectivity index (χ1n) is 10.2. The molecular formula is C21H22F3N5O3. The van der Waals surface area contributed by atoms with Gasteiger partial charge in [0.2, 0.25) is 0 Å². The number of amides is 1. The minimum Gasteiger partial charge on any atom is -0.395 e. The van der Waals surface area contributed by atoms with Crippen LogP contribution in [0, 0.1) is 0 Å². The summed E-state index contributed by atoms with van der Waals surface area (Å²) in [6.07, 6.45) is -2.34. The van der Waals surface area contributed by atoms with Crippen molar-refractivity contribution in [2.24, 2.45) is 0 Å². The maximum Gasteiger partial charge on any atom is 0.417 e. The van der Waals surface area contributed by atoms with Gasteiger partial charge in [0.05, 0.1) is 23.2 Å². The Kier molecular flexibility index (Phi) is 6.02. The summed E-state index contributed by atoms with van der Waals surface area (Å²) in [7, 11) is 0. The molecule has 0 atom stereocenters. The number of piperidine rings is 1.